The molecular weight excluding hydrogens is 366 g/mol. The summed E-state index contributed by atoms with van der Waals surface area (Å²) in [4.78, 5) is 25.5. The van der Waals surface area contributed by atoms with Crippen LogP contribution in [0.15, 0.2) is 36.4 Å². The van der Waals surface area contributed by atoms with Gasteiger partial charge < -0.3 is 14.8 Å². The molecule has 5 unspecified atom stereocenters. The Morgan fingerprint density at radius 1 is 1.10 bits per heavy atom. The van der Waals surface area contributed by atoms with Crippen molar-refractivity contribution in [1.29, 1.82) is 0 Å². The summed E-state index contributed by atoms with van der Waals surface area (Å²) in [5.41, 5.74) is 0.289. The Kier molecular flexibility index (Phi) is 4.21. The smallest absolute Gasteiger partial charge is 0.314 e. The van der Waals surface area contributed by atoms with Crippen LogP contribution >= 0.6 is 0 Å². The van der Waals surface area contributed by atoms with Crippen LogP contribution < -0.4 is 10.1 Å². The van der Waals surface area contributed by atoms with E-state index in [0.29, 0.717) is 23.7 Å². The van der Waals surface area contributed by atoms with Crippen LogP contribution in [0.1, 0.15) is 40.0 Å². The number of carbonyl (C=O) groups is 2. The molecule has 1 saturated heterocycles. The fourth-order valence-electron chi connectivity index (χ4n) is 4.99. The first-order chi connectivity index (χ1) is 13.9. The second-order valence-corrected chi connectivity index (χ2v) is 9.34. The first-order valence-electron chi connectivity index (χ1n) is 10.6. The number of ether oxygens (including phenoxy) is 2. The highest BCUT2D eigenvalue weighted by molar-refractivity contribution is 6.05. The highest BCUT2D eigenvalue weighted by Crippen LogP contribution is 2.59. The maximum absolute atomic E-state index is 12.9. The molecule has 0 aromatic heterocycles. The molecule has 0 radical (unpaired) electrons. The van der Waals surface area contributed by atoms with Crippen molar-refractivity contribution in [2.24, 2.45) is 23.2 Å². The standard InChI is InChI=1S/C24H27NO4/c1-4-24(2,3)23(27)25-18-9-5-8-15-14(18)7-6-10-19(15)28-22(26)17-12-13-11-16(17)21-20(13)29-21/h5-10,13,16-17,20-21H,4,11-12H2,1-3H3,(H,25,27). The van der Waals surface area contributed by atoms with Crippen molar-refractivity contribution >= 4 is 28.3 Å². The average molecular weight is 393 g/mol. The van der Waals surface area contributed by atoms with Crippen molar-refractivity contribution in [3.63, 3.8) is 0 Å². The van der Waals surface area contributed by atoms with Gasteiger partial charge in [-0.25, -0.2) is 0 Å². The predicted molar refractivity (Wildman–Crippen MR) is 111 cm³/mol. The van der Waals surface area contributed by atoms with Crippen LogP contribution in [-0.2, 0) is 14.3 Å². The number of benzene rings is 2. The third-order valence-corrected chi connectivity index (χ3v) is 7.24. The number of carbonyl (C=O) groups excluding carboxylic acids is 2. The molecule has 3 fully saturated rings. The van der Waals surface area contributed by atoms with Crippen LogP contribution in [0.3, 0.4) is 0 Å². The molecule has 5 heteroatoms. The van der Waals surface area contributed by atoms with E-state index in [1.807, 2.05) is 57.2 Å². The highest BCUT2D eigenvalue weighted by atomic mass is 16.6. The van der Waals surface area contributed by atoms with Gasteiger partial charge in [0.25, 0.3) is 0 Å². The van der Waals surface area contributed by atoms with Gasteiger partial charge in [-0.2, -0.15) is 0 Å². The normalized spacial score (nSPS) is 29.6. The molecule has 2 aliphatic carbocycles. The summed E-state index contributed by atoms with van der Waals surface area (Å²) < 4.78 is 11.6. The lowest BCUT2D eigenvalue weighted by Crippen LogP contribution is -2.30. The summed E-state index contributed by atoms with van der Waals surface area (Å²) in [6.07, 6.45) is 3.40. The number of amides is 1. The van der Waals surface area contributed by atoms with Crippen LogP contribution in [0.4, 0.5) is 5.69 Å². The van der Waals surface area contributed by atoms with Gasteiger partial charge in [-0.05, 0) is 37.3 Å². The highest BCUT2D eigenvalue weighted by Gasteiger charge is 2.65. The van der Waals surface area contributed by atoms with E-state index >= 15 is 0 Å². The molecule has 2 aromatic rings. The molecule has 5 nitrogen and oxygen atoms in total. The molecule has 3 aliphatic rings. The first-order valence-corrected chi connectivity index (χ1v) is 10.6. The minimum atomic E-state index is -0.448. The third kappa shape index (κ3) is 3.03. The fourth-order valence-corrected chi connectivity index (χ4v) is 4.99. The Hall–Kier alpha value is -2.40. The van der Waals surface area contributed by atoms with E-state index in [9.17, 15) is 9.59 Å². The summed E-state index contributed by atoms with van der Waals surface area (Å²) in [5.74, 6) is 1.16. The second kappa shape index (κ2) is 6.56. The van der Waals surface area contributed by atoms with Crippen LogP contribution in [0.5, 0.6) is 5.75 Å². The quantitative estimate of drug-likeness (QED) is 0.460. The zero-order chi connectivity index (χ0) is 20.3. The molecule has 5 atom stereocenters. The van der Waals surface area contributed by atoms with Crippen LogP contribution in [0.25, 0.3) is 10.8 Å². The number of anilines is 1. The number of fused-ring (bicyclic) bond motifs is 6. The lowest BCUT2D eigenvalue weighted by Gasteiger charge is -2.22. The minimum Gasteiger partial charge on any atom is -0.426 e. The van der Waals surface area contributed by atoms with Crippen molar-refractivity contribution < 1.29 is 19.1 Å². The zero-order valence-corrected chi connectivity index (χ0v) is 17.1. The zero-order valence-electron chi connectivity index (χ0n) is 17.1. The van der Waals surface area contributed by atoms with Gasteiger partial charge in [-0.1, -0.05) is 45.0 Å². The van der Waals surface area contributed by atoms with E-state index < -0.39 is 5.41 Å². The number of epoxide rings is 1. The Morgan fingerprint density at radius 2 is 1.86 bits per heavy atom. The molecule has 152 valence electrons. The van der Waals surface area contributed by atoms with Crippen LogP contribution in [0, 0.1) is 23.2 Å². The number of rotatable bonds is 5. The van der Waals surface area contributed by atoms with Gasteiger partial charge in [-0.15, -0.1) is 0 Å². The molecule has 1 N–H and O–H groups in total. The van der Waals surface area contributed by atoms with E-state index in [2.05, 4.69) is 5.32 Å². The van der Waals surface area contributed by atoms with Gasteiger partial charge >= 0.3 is 5.97 Å². The Labute approximate surface area is 170 Å². The lowest BCUT2D eigenvalue weighted by molar-refractivity contribution is -0.140. The van der Waals surface area contributed by atoms with Crippen molar-refractivity contribution in [3.05, 3.63) is 36.4 Å². The molecule has 1 amide bonds. The Bertz CT molecular complexity index is 998. The molecule has 1 heterocycles. The molecule has 1 aliphatic heterocycles. The van der Waals surface area contributed by atoms with Crippen molar-refractivity contribution in [1.82, 2.24) is 0 Å². The van der Waals surface area contributed by atoms with Crippen LogP contribution in [0.2, 0.25) is 0 Å². The topological polar surface area (TPSA) is 67.9 Å². The summed E-state index contributed by atoms with van der Waals surface area (Å²) >= 11 is 0. The number of hydrogen-bond acceptors (Lipinski definition) is 4. The van der Waals surface area contributed by atoms with E-state index in [4.69, 9.17) is 9.47 Å². The molecule has 2 saturated carbocycles. The monoisotopic (exact) mass is 393 g/mol. The number of nitrogens with one attached hydrogen (secondary N) is 1. The summed E-state index contributed by atoms with van der Waals surface area (Å²) in [6, 6.07) is 11.3. The van der Waals surface area contributed by atoms with Crippen molar-refractivity contribution in [2.45, 2.75) is 52.2 Å². The second-order valence-electron chi connectivity index (χ2n) is 9.34. The molecule has 2 aromatic carbocycles. The Balaban J connectivity index is 1.39. The van der Waals surface area contributed by atoms with E-state index in [0.717, 1.165) is 35.7 Å². The maximum Gasteiger partial charge on any atom is 0.314 e. The van der Waals surface area contributed by atoms with Crippen LogP contribution in [-0.4, -0.2) is 24.1 Å². The summed E-state index contributed by atoms with van der Waals surface area (Å²) in [6.45, 7) is 5.87. The van der Waals surface area contributed by atoms with Crippen molar-refractivity contribution in [3.8, 4) is 5.75 Å². The number of esters is 1. The third-order valence-electron chi connectivity index (χ3n) is 7.24. The molecule has 0 spiro atoms. The van der Waals surface area contributed by atoms with Crippen molar-refractivity contribution in [2.75, 3.05) is 5.32 Å². The minimum absolute atomic E-state index is 0.0177. The fraction of sp³-hybridized carbons (Fsp3) is 0.500. The summed E-state index contributed by atoms with van der Waals surface area (Å²) in [7, 11) is 0. The molecular formula is C24H27NO4. The first kappa shape index (κ1) is 18.6. The van der Waals surface area contributed by atoms with Gasteiger partial charge in [0.05, 0.1) is 18.1 Å². The lowest BCUT2D eigenvalue weighted by atomic mass is 9.89. The predicted octanol–water partition coefficient (Wildman–Crippen LogP) is 4.54. The van der Waals surface area contributed by atoms with Gasteiger partial charge in [0, 0.05) is 27.8 Å². The maximum atomic E-state index is 12.9. The number of hydrogen-bond donors (Lipinski definition) is 1. The average Bonchev–Trinajstić information content (AvgIpc) is 3.31. The van der Waals surface area contributed by atoms with Gasteiger partial charge in [-0.3, -0.25) is 9.59 Å². The molecule has 5 rings (SSSR count). The van der Waals surface area contributed by atoms with E-state index in [1.165, 1.54) is 0 Å². The van der Waals surface area contributed by atoms with Gasteiger partial charge in [0.2, 0.25) is 5.91 Å². The van der Waals surface area contributed by atoms with Gasteiger partial charge in [0.1, 0.15) is 5.75 Å². The SMILES string of the molecule is CCC(C)(C)C(=O)Nc1cccc2c(OC(=O)C3CC4CC3C3OC43)cccc12. The van der Waals surface area contributed by atoms with E-state index in [1.54, 1.807) is 0 Å². The van der Waals surface area contributed by atoms with Gasteiger partial charge in [0.15, 0.2) is 0 Å². The van der Waals surface area contributed by atoms with E-state index in [-0.39, 0.29) is 23.9 Å². The Morgan fingerprint density at radius 3 is 2.59 bits per heavy atom. The largest absolute Gasteiger partial charge is 0.426 e. The molecule has 29 heavy (non-hydrogen) atoms. The summed E-state index contributed by atoms with van der Waals surface area (Å²) in [5, 5.41) is 4.75. The molecule has 2 bridgehead atoms.